The van der Waals surface area contributed by atoms with Crippen LogP contribution in [0.25, 0.3) is 0 Å². The summed E-state index contributed by atoms with van der Waals surface area (Å²) in [6, 6.07) is 14.3. The van der Waals surface area contributed by atoms with Gasteiger partial charge < -0.3 is 15.7 Å². The van der Waals surface area contributed by atoms with Gasteiger partial charge in [-0.3, -0.25) is 14.6 Å². The van der Waals surface area contributed by atoms with Crippen molar-refractivity contribution in [2.45, 2.75) is 25.3 Å². The van der Waals surface area contributed by atoms with Gasteiger partial charge in [-0.05, 0) is 36.6 Å². The van der Waals surface area contributed by atoms with Gasteiger partial charge in [0.25, 0.3) is 0 Å². The lowest BCUT2D eigenvalue weighted by Gasteiger charge is -2.41. The summed E-state index contributed by atoms with van der Waals surface area (Å²) in [5, 5.41) is 16.2. The summed E-state index contributed by atoms with van der Waals surface area (Å²) in [6.45, 7) is 3.75. The number of carbonyl (C=O) groups is 2. The zero-order chi connectivity index (χ0) is 22.7. The number of rotatable bonds is 6. The van der Waals surface area contributed by atoms with Crippen molar-refractivity contribution in [1.82, 2.24) is 9.91 Å². The lowest BCUT2D eigenvalue weighted by atomic mass is 9.63. The third-order valence-electron chi connectivity index (χ3n) is 6.77. The minimum Gasteiger partial charge on any atom is -0.481 e. The maximum absolute atomic E-state index is 13.6. The van der Waals surface area contributed by atoms with Crippen molar-refractivity contribution in [1.29, 1.82) is 0 Å². The van der Waals surface area contributed by atoms with E-state index in [4.69, 9.17) is 5.73 Å². The Kier molecular flexibility index (Phi) is 6.39. The minimum atomic E-state index is -1.16. The molecule has 2 aliphatic rings. The number of nitrogens with zero attached hydrogens (tertiary/aromatic N) is 3. The van der Waals surface area contributed by atoms with Gasteiger partial charge in [-0.1, -0.05) is 48.5 Å². The van der Waals surface area contributed by atoms with Crippen molar-refractivity contribution in [2.75, 3.05) is 33.2 Å². The Hall–Kier alpha value is -3.03. The molecule has 1 saturated heterocycles. The van der Waals surface area contributed by atoms with Crippen LogP contribution in [0.4, 0.5) is 0 Å². The van der Waals surface area contributed by atoms with Gasteiger partial charge in [0, 0.05) is 37.8 Å². The Morgan fingerprint density at radius 1 is 1.12 bits per heavy atom. The Morgan fingerprint density at radius 2 is 1.81 bits per heavy atom. The number of aliphatic carboxylic acids is 1. The van der Waals surface area contributed by atoms with Gasteiger partial charge in [0.2, 0.25) is 0 Å². The smallest absolute Gasteiger partial charge is 0.304 e. The van der Waals surface area contributed by atoms with Crippen LogP contribution in [-0.2, 0) is 11.2 Å². The molecule has 0 spiro atoms. The molecule has 4 rings (SSSR count). The maximum atomic E-state index is 13.6. The van der Waals surface area contributed by atoms with Gasteiger partial charge in [0.05, 0.1) is 18.1 Å². The Labute approximate surface area is 188 Å². The van der Waals surface area contributed by atoms with Gasteiger partial charge in [-0.25, -0.2) is 0 Å². The fourth-order valence-electron chi connectivity index (χ4n) is 4.75. The summed E-state index contributed by atoms with van der Waals surface area (Å²) in [5.41, 5.74) is 8.74. The molecule has 2 atom stereocenters. The van der Waals surface area contributed by atoms with E-state index in [1.54, 1.807) is 18.3 Å². The molecule has 168 valence electrons. The lowest BCUT2D eigenvalue weighted by Crippen LogP contribution is -2.46. The second-order valence-electron chi connectivity index (χ2n) is 8.86. The lowest BCUT2D eigenvalue weighted by molar-refractivity contribution is -0.139. The first-order chi connectivity index (χ1) is 15.4. The second-order valence-corrected chi connectivity index (χ2v) is 8.86. The first-order valence-corrected chi connectivity index (χ1v) is 11.1. The molecule has 1 heterocycles. The van der Waals surface area contributed by atoms with Gasteiger partial charge in [0.1, 0.15) is 0 Å². The normalized spacial score (nSPS) is 23.8. The second kappa shape index (κ2) is 9.22. The van der Waals surface area contributed by atoms with Crippen molar-refractivity contribution in [3.05, 3.63) is 70.8 Å². The number of likely N-dealkylation sites (N-methyl/N-ethyl adjacent to an activating group) is 1. The van der Waals surface area contributed by atoms with Crippen LogP contribution in [0.5, 0.6) is 0 Å². The molecule has 1 aliphatic carbocycles. The van der Waals surface area contributed by atoms with Crippen molar-refractivity contribution in [3.8, 4) is 0 Å². The van der Waals surface area contributed by atoms with E-state index >= 15 is 0 Å². The van der Waals surface area contributed by atoms with Gasteiger partial charge >= 0.3 is 5.97 Å². The molecule has 0 radical (unpaired) electrons. The summed E-state index contributed by atoms with van der Waals surface area (Å²) in [4.78, 5) is 27.6. The molecule has 1 fully saturated rings. The van der Waals surface area contributed by atoms with Crippen molar-refractivity contribution in [2.24, 2.45) is 16.3 Å². The molecule has 7 heteroatoms. The molecule has 1 aliphatic heterocycles. The highest BCUT2D eigenvalue weighted by molar-refractivity contribution is 6.03. The molecule has 0 bridgehead atoms. The third kappa shape index (κ3) is 4.45. The molecule has 3 N–H and O–H groups in total. The summed E-state index contributed by atoms with van der Waals surface area (Å²) >= 11 is 0. The number of Topliss-reactive ketones (excluding diaryl/α,β-unsaturated/α-hetero) is 1. The van der Waals surface area contributed by atoms with E-state index in [2.05, 4.69) is 17.0 Å². The van der Waals surface area contributed by atoms with Crippen molar-refractivity contribution in [3.63, 3.8) is 0 Å². The average molecular weight is 435 g/mol. The monoisotopic (exact) mass is 434 g/mol. The Morgan fingerprint density at radius 3 is 2.50 bits per heavy atom. The first kappa shape index (κ1) is 22.2. The van der Waals surface area contributed by atoms with Crippen LogP contribution in [0.15, 0.2) is 53.6 Å². The van der Waals surface area contributed by atoms with Crippen LogP contribution in [0, 0.1) is 5.41 Å². The van der Waals surface area contributed by atoms with E-state index in [-0.39, 0.29) is 12.2 Å². The number of piperazine rings is 1. The number of aryl methyl sites for hydroxylation is 1. The van der Waals surface area contributed by atoms with Crippen LogP contribution < -0.4 is 5.73 Å². The minimum absolute atomic E-state index is 0.204. The number of carboxylic acids is 1. The van der Waals surface area contributed by atoms with E-state index in [9.17, 15) is 14.7 Å². The number of hydrazone groups is 1. The number of fused-ring (bicyclic) bond motifs is 1. The highest BCUT2D eigenvalue weighted by atomic mass is 16.4. The third-order valence-corrected chi connectivity index (χ3v) is 6.77. The summed E-state index contributed by atoms with van der Waals surface area (Å²) in [5.74, 6) is -1.21. The molecule has 7 nitrogen and oxygen atoms in total. The molecule has 2 aromatic rings. The molecule has 0 saturated carbocycles. The fraction of sp³-hybridized carbons (Fsp3) is 0.400. The highest BCUT2D eigenvalue weighted by Crippen LogP contribution is 2.47. The van der Waals surface area contributed by atoms with Gasteiger partial charge in [-0.15, -0.1) is 0 Å². The van der Waals surface area contributed by atoms with E-state index in [0.717, 1.165) is 42.9 Å². The number of benzene rings is 2. The average Bonchev–Trinajstić information content (AvgIpc) is 2.80. The van der Waals surface area contributed by atoms with E-state index in [1.165, 1.54) is 0 Å². The van der Waals surface area contributed by atoms with Crippen molar-refractivity contribution < 1.29 is 14.7 Å². The van der Waals surface area contributed by atoms with Crippen LogP contribution in [0.3, 0.4) is 0 Å². The summed E-state index contributed by atoms with van der Waals surface area (Å²) in [7, 11) is 2.10. The molecule has 0 amide bonds. The zero-order valence-corrected chi connectivity index (χ0v) is 18.4. The molecule has 2 aromatic carbocycles. The zero-order valence-electron chi connectivity index (χ0n) is 18.4. The first-order valence-electron chi connectivity index (χ1n) is 11.1. The van der Waals surface area contributed by atoms with E-state index < -0.39 is 17.4 Å². The Balaban J connectivity index is 1.55. The topological polar surface area (TPSA) is 99.2 Å². The molecule has 0 aromatic heterocycles. The van der Waals surface area contributed by atoms with Crippen LogP contribution in [-0.4, -0.2) is 66.2 Å². The molecule has 2 unspecified atom stereocenters. The molecular weight excluding hydrogens is 404 g/mol. The van der Waals surface area contributed by atoms with Gasteiger partial charge in [0.15, 0.2) is 5.78 Å². The number of hydrogen-bond acceptors (Lipinski definition) is 6. The Bertz CT molecular complexity index is 1010. The quantitative estimate of drug-likeness (QED) is 0.536. The number of ketones is 1. The molecule has 32 heavy (non-hydrogen) atoms. The van der Waals surface area contributed by atoms with Crippen LogP contribution >= 0.6 is 0 Å². The van der Waals surface area contributed by atoms with Crippen LogP contribution in [0.1, 0.15) is 45.9 Å². The summed E-state index contributed by atoms with van der Waals surface area (Å²) in [6.07, 6.45) is 2.57. The number of hydrogen-bond donors (Lipinski definition) is 2. The van der Waals surface area contributed by atoms with Gasteiger partial charge in [-0.2, -0.15) is 5.10 Å². The standard InChI is InChI=1S/C25H30N4O3/c1-28-12-14-29(15-13-28)27-17-18-6-8-20(9-7-18)24(32)25(16-22(30)31)11-10-19-4-2-3-5-21(19)23(25)26/h2-9,17,23H,10-16,26H2,1H3,(H,30,31). The number of carboxylic acid groups (broad SMARTS) is 1. The van der Waals surface area contributed by atoms with E-state index in [0.29, 0.717) is 18.4 Å². The van der Waals surface area contributed by atoms with Crippen molar-refractivity contribution >= 4 is 18.0 Å². The predicted molar refractivity (Wildman–Crippen MR) is 124 cm³/mol. The fourth-order valence-corrected chi connectivity index (χ4v) is 4.75. The summed E-state index contributed by atoms with van der Waals surface area (Å²) < 4.78 is 0. The maximum Gasteiger partial charge on any atom is 0.304 e. The van der Waals surface area contributed by atoms with E-state index in [1.807, 2.05) is 41.4 Å². The highest BCUT2D eigenvalue weighted by Gasteiger charge is 2.48. The van der Waals surface area contributed by atoms with Crippen LogP contribution in [0.2, 0.25) is 0 Å². The predicted octanol–water partition coefficient (Wildman–Crippen LogP) is 2.56. The SMILES string of the molecule is CN1CCN(N=Cc2ccc(C(=O)C3(CC(=O)O)CCc4ccccc4C3N)cc2)CC1. The number of nitrogens with two attached hydrogens (primary N) is 1. The largest absolute Gasteiger partial charge is 0.481 e. The molecular formula is C25H30N4O3. The number of carbonyl (C=O) groups excluding carboxylic acids is 1.